The standard InChI is InChI=1S/C19H17N5O5/c1-29-18-7-6-13(8-14(18)11-23-12-15(10-21-23)24(27)28)9-20-22-17-5-3-2-4-16(17)19(25)26/h2-10,12,22H,11H2,1H3,(H,25,26)/p-1/b20-9-. The summed E-state index contributed by atoms with van der Waals surface area (Å²) in [6.45, 7) is 0.264. The Bertz CT molecular complexity index is 1080. The Labute approximate surface area is 165 Å². The third-order valence-corrected chi connectivity index (χ3v) is 4.01. The first-order chi connectivity index (χ1) is 14.0. The fourth-order valence-corrected chi connectivity index (χ4v) is 2.65. The van der Waals surface area contributed by atoms with Crippen LogP contribution in [-0.2, 0) is 6.54 Å². The zero-order valence-electron chi connectivity index (χ0n) is 15.3. The lowest BCUT2D eigenvalue weighted by molar-refractivity contribution is -0.385. The molecule has 0 saturated heterocycles. The molecule has 0 unspecified atom stereocenters. The van der Waals surface area contributed by atoms with Gasteiger partial charge in [0.1, 0.15) is 18.1 Å². The first-order valence-electron chi connectivity index (χ1n) is 8.41. The van der Waals surface area contributed by atoms with Crippen LogP contribution in [0, 0.1) is 10.1 Å². The number of anilines is 1. The lowest BCUT2D eigenvalue weighted by atomic mass is 10.1. The van der Waals surface area contributed by atoms with Gasteiger partial charge in [0.15, 0.2) is 0 Å². The van der Waals surface area contributed by atoms with Crippen molar-refractivity contribution >= 4 is 23.6 Å². The van der Waals surface area contributed by atoms with Gasteiger partial charge in [0.25, 0.3) is 0 Å². The number of carbonyl (C=O) groups excluding carboxylic acids is 1. The zero-order valence-corrected chi connectivity index (χ0v) is 15.3. The normalized spacial score (nSPS) is 10.8. The Balaban J connectivity index is 1.78. The van der Waals surface area contributed by atoms with Crippen LogP contribution in [0.2, 0.25) is 0 Å². The van der Waals surface area contributed by atoms with Gasteiger partial charge in [-0.15, -0.1) is 0 Å². The molecule has 3 aromatic rings. The Morgan fingerprint density at radius 1 is 1.34 bits per heavy atom. The maximum absolute atomic E-state index is 11.1. The van der Waals surface area contributed by atoms with E-state index in [1.165, 1.54) is 36.5 Å². The maximum Gasteiger partial charge on any atom is 0.307 e. The van der Waals surface area contributed by atoms with Crippen molar-refractivity contribution in [1.29, 1.82) is 0 Å². The van der Waals surface area contributed by atoms with Crippen LogP contribution in [0.25, 0.3) is 0 Å². The van der Waals surface area contributed by atoms with E-state index in [4.69, 9.17) is 4.74 Å². The number of hydrazone groups is 1. The summed E-state index contributed by atoms with van der Waals surface area (Å²) in [6.07, 6.45) is 4.02. The quantitative estimate of drug-likeness (QED) is 0.349. The molecule has 0 saturated carbocycles. The van der Waals surface area contributed by atoms with E-state index in [1.807, 2.05) is 0 Å². The van der Waals surface area contributed by atoms with Crippen molar-refractivity contribution in [3.05, 3.63) is 81.7 Å². The lowest BCUT2D eigenvalue weighted by Gasteiger charge is -2.10. The van der Waals surface area contributed by atoms with Crippen molar-refractivity contribution < 1.29 is 19.6 Å². The number of ether oxygens (including phenoxy) is 1. The molecule has 0 spiro atoms. The third kappa shape index (κ3) is 4.75. The van der Waals surface area contributed by atoms with Crippen LogP contribution >= 0.6 is 0 Å². The molecule has 1 N–H and O–H groups in total. The first kappa shape index (κ1) is 19.5. The molecule has 0 amide bonds. The van der Waals surface area contributed by atoms with Gasteiger partial charge in [0.2, 0.25) is 0 Å². The summed E-state index contributed by atoms with van der Waals surface area (Å²) in [4.78, 5) is 21.4. The molecule has 1 heterocycles. The van der Waals surface area contributed by atoms with Crippen molar-refractivity contribution in [1.82, 2.24) is 9.78 Å². The monoisotopic (exact) mass is 394 g/mol. The van der Waals surface area contributed by atoms with Gasteiger partial charge in [-0.05, 0) is 29.8 Å². The second-order valence-electron chi connectivity index (χ2n) is 5.93. The molecule has 29 heavy (non-hydrogen) atoms. The highest BCUT2D eigenvalue weighted by molar-refractivity contribution is 5.93. The molecule has 0 radical (unpaired) electrons. The number of hydrogen-bond acceptors (Lipinski definition) is 8. The average Bonchev–Trinajstić information content (AvgIpc) is 3.17. The molecular weight excluding hydrogens is 378 g/mol. The summed E-state index contributed by atoms with van der Waals surface area (Å²) >= 11 is 0. The molecule has 0 aliphatic carbocycles. The summed E-state index contributed by atoms with van der Waals surface area (Å²) in [7, 11) is 1.52. The minimum absolute atomic E-state index is 0.000321. The number of benzene rings is 2. The largest absolute Gasteiger partial charge is 0.545 e. The third-order valence-electron chi connectivity index (χ3n) is 4.01. The van der Waals surface area contributed by atoms with Gasteiger partial charge < -0.3 is 14.6 Å². The van der Waals surface area contributed by atoms with E-state index in [2.05, 4.69) is 15.6 Å². The van der Waals surface area contributed by atoms with E-state index < -0.39 is 10.9 Å². The van der Waals surface area contributed by atoms with Gasteiger partial charge in [-0.3, -0.25) is 20.2 Å². The Morgan fingerprint density at radius 2 is 2.14 bits per heavy atom. The van der Waals surface area contributed by atoms with Crippen LogP contribution in [0.5, 0.6) is 5.75 Å². The number of carboxylic acids is 1. The van der Waals surface area contributed by atoms with Crippen molar-refractivity contribution in [3.8, 4) is 5.75 Å². The number of methoxy groups -OCH3 is 1. The fraction of sp³-hybridized carbons (Fsp3) is 0.105. The molecule has 2 aromatic carbocycles. The Hall–Kier alpha value is -4.21. The summed E-state index contributed by atoms with van der Waals surface area (Å²) in [5, 5.41) is 30.0. The zero-order chi connectivity index (χ0) is 20.8. The van der Waals surface area contributed by atoms with Crippen LogP contribution in [0.4, 0.5) is 11.4 Å². The predicted molar refractivity (Wildman–Crippen MR) is 103 cm³/mol. The van der Waals surface area contributed by atoms with Crippen molar-refractivity contribution in [2.45, 2.75) is 6.54 Å². The van der Waals surface area contributed by atoms with Crippen LogP contribution in [0.1, 0.15) is 21.5 Å². The van der Waals surface area contributed by atoms with Gasteiger partial charge in [0, 0.05) is 11.1 Å². The molecule has 0 aliphatic heterocycles. The molecule has 10 nitrogen and oxygen atoms in total. The minimum atomic E-state index is -1.30. The topological polar surface area (TPSA) is 135 Å². The number of para-hydroxylation sites is 1. The summed E-state index contributed by atoms with van der Waals surface area (Å²) in [5.74, 6) is -0.709. The number of carboxylic acid groups (broad SMARTS) is 1. The van der Waals surface area contributed by atoms with Crippen LogP contribution < -0.4 is 15.3 Å². The highest BCUT2D eigenvalue weighted by Crippen LogP contribution is 2.21. The number of nitro groups is 1. The van der Waals surface area contributed by atoms with E-state index in [0.29, 0.717) is 17.0 Å². The Kier molecular flexibility index (Phi) is 5.83. The van der Waals surface area contributed by atoms with E-state index in [-0.39, 0.29) is 17.8 Å². The number of rotatable bonds is 8. The number of aromatic carboxylic acids is 1. The highest BCUT2D eigenvalue weighted by Gasteiger charge is 2.11. The van der Waals surface area contributed by atoms with Crippen molar-refractivity contribution in [3.63, 3.8) is 0 Å². The van der Waals surface area contributed by atoms with E-state index >= 15 is 0 Å². The van der Waals surface area contributed by atoms with Crippen LogP contribution in [-0.4, -0.2) is 34.0 Å². The lowest BCUT2D eigenvalue weighted by Crippen LogP contribution is -2.23. The molecule has 0 atom stereocenters. The van der Waals surface area contributed by atoms with Crippen LogP contribution in [0.3, 0.4) is 0 Å². The van der Waals surface area contributed by atoms with Gasteiger partial charge >= 0.3 is 5.69 Å². The van der Waals surface area contributed by atoms with E-state index in [1.54, 1.807) is 36.4 Å². The van der Waals surface area contributed by atoms with Gasteiger partial charge in [-0.25, -0.2) is 0 Å². The molecule has 0 fully saturated rings. The first-order valence-corrected chi connectivity index (χ1v) is 8.41. The van der Waals surface area contributed by atoms with Crippen LogP contribution in [0.15, 0.2) is 60.0 Å². The Morgan fingerprint density at radius 3 is 2.83 bits per heavy atom. The number of nitrogens with one attached hydrogen (secondary N) is 1. The maximum atomic E-state index is 11.1. The molecule has 0 bridgehead atoms. The van der Waals surface area contributed by atoms with Gasteiger partial charge in [0.05, 0.1) is 36.4 Å². The number of aromatic nitrogens is 2. The van der Waals surface area contributed by atoms with Gasteiger partial charge in [-0.1, -0.05) is 18.2 Å². The fourth-order valence-electron chi connectivity index (χ4n) is 2.65. The number of hydrogen-bond donors (Lipinski definition) is 1. The van der Waals surface area contributed by atoms with E-state index in [9.17, 15) is 20.0 Å². The summed E-state index contributed by atoms with van der Waals surface area (Å²) in [5.41, 5.74) is 4.34. The van der Waals surface area contributed by atoms with Gasteiger partial charge in [-0.2, -0.15) is 10.2 Å². The minimum Gasteiger partial charge on any atom is -0.545 e. The SMILES string of the molecule is COc1ccc(/C=N\Nc2ccccc2C(=O)[O-])cc1Cn1cc([N+](=O)[O-])cn1. The summed E-state index contributed by atoms with van der Waals surface area (Å²) < 4.78 is 6.77. The van der Waals surface area contributed by atoms with Crippen molar-refractivity contribution in [2.75, 3.05) is 12.5 Å². The molecule has 0 aliphatic rings. The van der Waals surface area contributed by atoms with E-state index in [0.717, 1.165) is 5.56 Å². The molecule has 3 rings (SSSR count). The van der Waals surface area contributed by atoms with Crippen molar-refractivity contribution in [2.24, 2.45) is 5.10 Å². The second-order valence-corrected chi connectivity index (χ2v) is 5.93. The average molecular weight is 394 g/mol. The number of carbonyl (C=O) groups is 1. The molecule has 148 valence electrons. The predicted octanol–water partition coefficient (Wildman–Crippen LogP) is 1.66. The smallest absolute Gasteiger partial charge is 0.307 e. The molecule has 10 heteroatoms. The highest BCUT2D eigenvalue weighted by atomic mass is 16.6. The summed E-state index contributed by atoms with van der Waals surface area (Å²) in [6, 6.07) is 11.6. The second kappa shape index (κ2) is 8.65. The molecular formula is C19H16N5O5-. The number of nitrogens with zero attached hydrogens (tertiary/aromatic N) is 4. The molecule has 1 aromatic heterocycles.